The molecule has 1 aliphatic heterocycles. The van der Waals surface area contributed by atoms with Gasteiger partial charge >= 0.3 is 0 Å². The number of aryl methyl sites for hydroxylation is 2. The van der Waals surface area contributed by atoms with Crippen LogP contribution in [0.4, 0.5) is 0 Å². The second-order valence-corrected chi connectivity index (χ2v) is 6.61. The molecule has 0 amide bonds. The van der Waals surface area contributed by atoms with E-state index < -0.39 is 5.92 Å². The highest BCUT2D eigenvalue weighted by molar-refractivity contribution is 5.53. The Morgan fingerprint density at radius 3 is 2.93 bits per heavy atom. The molecule has 4 rings (SSSR count). The molecule has 0 saturated carbocycles. The lowest BCUT2D eigenvalue weighted by Crippen LogP contribution is -2.32. The first-order valence-electron chi connectivity index (χ1n) is 8.91. The van der Waals surface area contributed by atoms with Crippen molar-refractivity contribution in [2.24, 2.45) is 5.73 Å². The number of hydrogen-bond acceptors (Lipinski definition) is 6. The Bertz CT molecular complexity index is 1120. The standard InChI is InChI=1S/C20H19N5O3/c1-13-10-16-18(20(26)25(13)7-3-6-24-8-5-23-12-24)17(15-4-2-9-27-15)14(11-21)19(22)28-16/h2,4-5,8-10,12,17H,3,6-7,22H2,1H3/t17-/m1/s1. The number of rotatable bonds is 5. The predicted octanol–water partition coefficient (Wildman–Crippen LogP) is 2.25. The minimum absolute atomic E-state index is 0.00643. The van der Waals surface area contributed by atoms with Gasteiger partial charge in [-0.3, -0.25) is 4.79 Å². The molecule has 0 bridgehead atoms. The molecule has 0 saturated heterocycles. The Balaban J connectivity index is 1.75. The van der Waals surface area contributed by atoms with Crippen molar-refractivity contribution in [1.29, 1.82) is 5.26 Å². The van der Waals surface area contributed by atoms with Gasteiger partial charge in [-0.1, -0.05) is 0 Å². The second-order valence-electron chi connectivity index (χ2n) is 6.61. The minimum atomic E-state index is -0.684. The Labute approximate surface area is 161 Å². The van der Waals surface area contributed by atoms with Crippen molar-refractivity contribution in [1.82, 2.24) is 14.1 Å². The predicted molar refractivity (Wildman–Crippen MR) is 100 cm³/mol. The number of nitrogens with two attached hydrogens (primary N) is 1. The summed E-state index contributed by atoms with van der Waals surface area (Å²) in [5.41, 5.74) is 7.05. The number of furan rings is 1. The first-order chi connectivity index (χ1) is 13.6. The van der Waals surface area contributed by atoms with Crippen LogP contribution in [0.1, 0.15) is 29.4 Å². The Hall–Kier alpha value is -3.73. The monoisotopic (exact) mass is 377 g/mol. The molecular formula is C20H19N5O3. The molecule has 1 aliphatic rings. The second kappa shape index (κ2) is 7.12. The fourth-order valence-electron chi connectivity index (χ4n) is 3.53. The highest BCUT2D eigenvalue weighted by Gasteiger charge is 2.35. The molecule has 0 aliphatic carbocycles. The Kier molecular flexibility index (Phi) is 4.49. The molecule has 0 fully saturated rings. The molecular weight excluding hydrogens is 358 g/mol. The van der Waals surface area contributed by atoms with Gasteiger partial charge in [-0.2, -0.15) is 5.26 Å². The summed E-state index contributed by atoms with van der Waals surface area (Å²) in [4.78, 5) is 17.4. The van der Waals surface area contributed by atoms with Crippen LogP contribution in [0.25, 0.3) is 0 Å². The molecule has 1 atom stereocenters. The van der Waals surface area contributed by atoms with Gasteiger partial charge in [0.25, 0.3) is 5.56 Å². The molecule has 142 valence electrons. The van der Waals surface area contributed by atoms with Crippen molar-refractivity contribution in [3.8, 4) is 11.8 Å². The van der Waals surface area contributed by atoms with Crippen molar-refractivity contribution in [2.75, 3.05) is 0 Å². The number of ether oxygens (including phenoxy) is 1. The molecule has 0 unspecified atom stereocenters. The molecule has 0 aromatic carbocycles. The van der Waals surface area contributed by atoms with E-state index in [1.165, 1.54) is 6.26 Å². The lowest BCUT2D eigenvalue weighted by molar-refractivity contribution is 0.377. The number of aromatic nitrogens is 3. The van der Waals surface area contributed by atoms with E-state index in [9.17, 15) is 10.1 Å². The highest BCUT2D eigenvalue weighted by Crippen LogP contribution is 2.40. The number of allylic oxidation sites excluding steroid dienone is 1. The molecule has 0 spiro atoms. The number of nitriles is 1. The fourth-order valence-corrected chi connectivity index (χ4v) is 3.53. The van der Waals surface area contributed by atoms with Gasteiger partial charge in [0, 0.05) is 37.2 Å². The van der Waals surface area contributed by atoms with Crippen LogP contribution in [0.5, 0.6) is 5.75 Å². The van der Waals surface area contributed by atoms with Crippen LogP contribution in [0.3, 0.4) is 0 Å². The smallest absolute Gasteiger partial charge is 0.258 e. The average Bonchev–Trinajstić information content (AvgIpc) is 3.37. The van der Waals surface area contributed by atoms with Gasteiger partial charge in [0.15, 0.2) is 0 Å². The van der Waals surface area contributed by atoms with Crippen LogP contribution in [0.2, 0.25) is 0 Å². The summed E-state index contributed by atoms with van der Waals surface area (Å²) in [6.07, 6.45) is 7.62. The van der Waals surface area contributed by atoms with E-state index >= 15 is 0 Å². The van der Waals surface area contributed by atoms with Crippen molar-refractivity contribution < 1.29 is 9.15 Å². The molecule has 3 aromatic heterocycles. The van der Waals surface area contributed by atoms with Crippen molar-refractivity contribution in [3.05, 3.63) is 82.0 Å². The third-order valence-corrected chi connectivity index (χ3v) is 4.87. The third-order valence-electron chi connectivity index (χ3n) is 4.87. The van der Waals surface area contributed by atoms with Crippen LogP contribution in [-0.4, -0.2) is 14.1 Å². The van der Waals surface area contributed by atoms with Crippen molar-refractivity contribution in [3.63, 3.8) is 0 Å². The number of pyridine rings is 1. The lowest BCUT2D eigenvalue weighted by atomic mass is 9.88. The van der Waals surface area contributed by atoms with Crippen LogP contribution in [0.15, 0.2) is 63.9 Å². The molecule has 4 heterocycles. The summed E-state index contributed by atoms with van der Waals surface area (Å²) in [5.74, 6) is 0.158. The fraction of sp³-hybridized carbons (Fsp3) is 0.250. The number of hydrogen-bond donors (Lipinski definition) is 1. The third kappa shape index (κ3) is 2.97. The summed E-state index contributed by atoms with van der Waals surface area (Å²) >= 11 is 0. The summed E-state index contributed by atoms with van der Waals surface area (Å²) in [7, 11) is 0. The molecule has 8 nitrogen and oxygen atoms in total. The van der Waals surface area contributed by atoms with E-state index in [2.05, 4.69) is 11.1 Å². The van der Waals surface area contributed by atoms with Crippen molar-refractivity contribution >= 4 is 0 Å². The largest absolute Gasteiger partial charge is 0.468 e. The summed E-state index contributed by atoms with van der Waals surface area (Å²) in [6.45, 7) is 3.13. The Morgan fingerprint density at radius 2 is 2.25 bits per heavy atom. The van der Waals surface area contributed by atoms with Crippen LogP contribution in [0, 0.1) is 18.3 Å². The number of fused-ring (bicyclic) bond motifs is 1. The quantitative estimate of drug-likeness (QED) is 0.730. The molecule has 0 radical (unpaired) electrons. The maximum atomic E-state index is 13.3. The van der Waals surface area contributed by atoms with Gasteiger partial charge in [-0.15, -0.1) is 0 Å². The van der Waals surface area contributed by atoms with E-state index in [-0.39, 0.29) is 17.0 Å². The first-order valence-corrected chi connectivity index (χ1v) is 8.91. The Morgan fingerprint density at radius 1 is 1.39 bits per heavy atom. The zero-order valence-electron chi connectivity index (χ0n) is 15.3. The molecule has 3 aromatic rings. The van der Waals surface area contributed by atoms with Crippen LogP contribution in [-0.2, 0) is 13.1 Å². The maximum Gasteiger partial charge on any atom is 0.258 e. The van der Waals surface area contributed by atoms with E-state index in [0.29, 0.717) is 23.6 Å². The normalized spacial score (nSPS) is 15.8. The van der Waals surface area contributed by atoms with E-state index in [0.717, 1.165) is 18.7 Å². The van der Waals surface area contributed by atoms with Crippen LogP contribution >= 0.6 is 0 Å². The topological polar surface area (TPSA) is 112 Å². The van der Waals surface area contributed by atoms with Crippen molar-refractivity contribution in [2.45, 2.75) is 32.4 Å². The molecule has 28 heavy (non-hydrogen) atoms. The van der Waals surface area contributed by atoms with Gasteiger partial charge in [-0.05, 0) is 25.5 Å². The van der Waals surface area contributed by atoms with Gasteiger partial charge < -0.3 is 24.0 Å². The van der Waals surface area contributed by atoms with E-state index in [4.69, 9.17) is 14.9 Å². The van der Waals surface area contributed by atoms with E-state index in [1.807, 2.05) is 17.7 Å². The number of imidazole rings is 1. The minimum Gasteiger partial charge on any atom is -0.468 e. The zero-order chi connectivity index (χ0) is 19.7. The maximum absolute atomic E-state index is 13.3. The van der Waals surface area contributed by atoms with E-state index in [1.54, 1.807) is 35.3 Å². The first kappa shape index (κ1) is 17.7. The summed E-state index contributed by atoms with van der Waals surface area (Å²) in [6, 6.07) is 7.29. The molecule has 2 N–H and O–H groups in total. The van der Waals surface area contributed by atoms with Crippen LogP contribution < -0.4 is 16.0 Å². The average molecular weight is 377 g/mol. The lowest BCUT2D eigenvalue weighted by Gasteiger charge is -2.26. The SMILES string of the molecule is Cc1cc2c(c(=O)n1CCCn1ccnc1)[C@@H](c1ccco1)C(C#N)=C(N)O2. The molecule has 8 heteroatoms. The van der Waals surface area contributed by atoms with Gasteiger partial charge in [0.1, 0.15) is 23.2 Å². The highest BCUT2D eigenvalue weighted by atomic mass is 16.5. The van der Waals surface area contributed by atoms with Gasteiger partial charge in [0.2, 0.25) is 5.88 Å². The summed E-state index contributed by atoms with van der Waals surface area (Å²) in [5, 5.41) is 9.59. The van der Waals surface area contributed by atoms with Gasteiger partial charge in [0.05, 0.1) is 24.1 Å². The number of nitrogens with zero attached hydrogens (tertiary/aromatic N) is 4. The summed E-state index contributed by atoms with van der Waals surface area (Å²) < 4.78 is 14.8. The zero-order valence-corrected chi connectivity index (χ0v) is 15.3. The van der Waals surface area contributed by atoms with Gasteiger partial charge in [-0.25, -0.2) is 4.98 Å².